The van der Waals surface area contributed by atoms with E-state index in [-0.39, 0.29) is 18.0 Å². The summed E-state index contributed by atoms with van der Waals surface area (Å²) in [4.78, 5) is 0. The van der Waals surface area contributed by atoms with Crippen molar-refractivity contribution in [1.29, 1.82) is 0 Å². The third-order valence-electron chi connectivity index (χ3n) is 5.53. The van der Waals surface area contributed by atoms with Gasteiger partial charge in [0.1, 0.15) is 5.60 Å². The Balaban J connectivity index is 1.65. The molecule has 0 N–H and O–H groups in total. The van der Waals surface area contributed by atoms with Gasteiger partial charge in [-0.25, -0.2) is 0 Å². The maximum atomic E-state index is 6.10. The lowest BCUT2D eigenvalue weighted by Crippen LogP contribution is -2.34. The summed E-state index contributed by atoms with van der Waals surface area (Å²) < 4.78 is 23.0. The van der Waals surface area contributed by atoms with Crippen molar-refractivity contribution in [2.24, 2.45) is 0 Å². The Labute approximate surface area is 183 Å². The number of hydrogen-bond donors (Lipinski definition) is 0. The molecule has 4 nitrogen and oxygen atoms in total. The highest BCUT2D eigenvalue weighted by atomic mass is 16.7. The molecule has 0 aliphatic carbocycles. The van der Waals surface area contributed by atoms with E-state index in [1.165, 1.54) is 16.7 Å². The molecule has 1 aliphatic heterocycles. The molecule has 1 fully saturated rings. The van der Waals surface area contributed by atoms with E-state index in [2.05, 4.69) is 45.1 Å². The molecule has 0 amide bonds. The predicted molar refractivity (Wildman–Crippen MR) is 122 cm³/mol. The maximum Gasteiger partial charge on any atom is 0.155 e. The van der Waals surface area contributed by atoms with Crippen molar-refractivity contribution in [3.8, 4) is 0 Å². The van der Waals surface area contributed by atoms with E-state index in [4.69, 9.17) is 18.9 Å². The summed E-state index contributed by atoms with van der Waals surface area (Å²) in [6.45, 7) is 13.2. The number of benzene rings is 1. The van der Waals surface area contributed by atoms with Crippen LogP contribution in [-0.4, -0.2) is 37.8 Å². The minimum atomic E-state index is -0.192. The molecular weight excluding hydrogens is 376 g/mol. The number of allylic oxidation sites excluding steroid dienone is 3. The molecule has 1 heterocycles. The van der Waals surface area contributed by atoms with Crippen LogP contribution in [-0.2, 0) is 25.6 Å². The molecule has 0 saturated carbocycles. The summed E-state index contributed by atoms with van der Waals surface area (Å²) >= 11 is 0. The Morgan fingerprint density at radius 3 is 2.50 bits per heavy atom. The second-order valence-electron chi connectivity index (χ2n) is 8.43. The first-order chi connectivity index (χ1) is 14.4. The predicted octanol–water partition coefficient (Wildman–Crippen LogP) is 6.21. The van der Waals surface area contributed by atoms with E-state index in [0.29, 0.717) is 19.8 Å². The Morgan fingerprint density at radius 1 is 1.13 bits per heavy atom. The van der Waals surface area contributed by atoms with Crippen molar-refractivity contribution in [2.45, 2.75) is 84.9 Å². The van der Waals surface area contributed by atoms with Gasteiger partial charge < -0.3 is 18.9 Å². The van der Waals surface area contributed by atoms with Crippen LogP contribution >= 0.6 is 0 Å². The van der Waals surface area contributed by atoms with Gasteiger partial charge in [0, 0.05) is 6.61 Å². The molecule has 0 bridgehead atoms. The zero-order valence-corrected chi connectivity index (χ0v) is 19.5. The summed E-state index contributed by atoms with van der Waals surface area (Å²) in [5.41, 5.74) is 3.85. The Bertz CT molecular complexity index is 661. The van der Waals surface area contributed by atoms with Crippen LogP contribution in [0, 0.1) is 0 Å². The van der Waals surface area contributed by atoms with E-state index < -0.39 is 0 Å². The molecule has 0 aromatic heterocycles. The molecule has 0 radical (unpaired) electrons. The zero-order valence-electron chi connectivity index (χ0n) is 19.5. The summed E-state index contributed by atoms with van der Waals surface area (Å²) in [6.07, 6.45) is 8.52. The van der Waals surface area contributed by atoms with Gasteiger partial charge in [0.15, 0.2) is 6.29 Å². The largest absolute Gasteiger partial charge is 0.373 e. The Hall–Kier alpha value is -1.46. The van der Waals surface area contributed by atoms with Crippen LogP contribution in [0.4, 0.5) is 0 Å². The average molecular weight is 417 g/mol. The zero-order chi connectivity index (χ0) is 21.8. The van der Waals surface area contributed by atoms with E-state index in [0.717, 1.165) is 32.3 Å². The first-order valence-corrected chi connectivity index (χ1v) is 11.3. The van der Waals surface area contributed by atoms with Gasteiger partial charge in [-0.3, -0.25) is 0 Å². The van der Waals surface area contributed by atoms with Gasteiger partial charge in [-0.1, -0.05) is 53.6 Å². The lowest BCUT2D eigenvalue weighted by atomic mass is 9.98. The van der Waals surface area contributed by atoms with Crippen molar-refractivity contribution >= 4 is 0 Å². The van der Waals surface area contributed by atoms with E-state index in [9.17, 15) is 0 Å². The highest BCUT2D eigenvalue weighted by molar-refractivity contribution is 5.13. The minimum absolute atomic E-state index is 0.0748. The van der Waals surface area contributed by atoms with Crippen molar-refractivity contribution in [2.75, 3.05) is 19.8 Å². The molecular formula is C26H40O4. The molecule has 3 atom stereocenters. The van der Waals surface area contributed by atoms with Crippen LogP contribution in [0.15, 0.2) is 53.6 Å². The van der Waals surface area contributed by atoms with Crippen LogP contribution in [0.3, 0.4) is 0 Å². The smallest absolute Gasteiger partial charge is 0.155 e. The summed E-state index contributed by atoms with van der Waals surface area (Å²) in [6, 6.07) is 10.3. The monoisotopic (exact) mass is 416 g/mol. The van der Waals surface area contributed by atoms with Gasteiger partial charge in [0.2, 0.25) is 0 Å². The van der Waals surface area contributed by atoms with Crippen molar-refractivity contribution in [3.63, 3.8) is 0 Å². The number of epoxide rings is 1. The second kappa shape index (κ2) is 13.1. The fraction of sp³-hybridized carbons (Fsp3) is 0.615. The number of ether oxygens (including phenoxy) is 4. The lowest BCUT2D eigenvalue weighted by Gasteiger charge is -2.25. The molecule has 1 unspecified atom stereocenters. The van der Waals surface area contributed by atoms with Crippen molar-refractivity contribution in [3.05, 3.63) is 59.2 Å². The topological polar surface area (TPSA) is 40.2 Å². The third-order valence-corrected chi connectivity index (χ3v) is 5.53. The van der Waals surface area contributed by atoms with E-state index >= 15 is 0 Å². The first kappa shape index (κ1) is 24.8. The first-order valence-electron chi connectivity index (χ1n) is 11.3. The molecule has 1 aliphatic rings. The highest BCUT2D eigenvalue weighted by Gasteiger charge is 2.48. The molecule has 1 aromatic rings. The van der Waals surface area contributed by atoms with Gasteiger partial charge in [-0.15, -0.1) is 0 Å². The van der Waals surface area contributed by atoms with Gasteiger partial charge >= 0.3 is 0 Å². The molecule has 0 spiro atoms. The summed E-state index contributed by atoms with van der Waals surface area (Å²) in [5.74, 6) is 0. The SMILES string of the molecule is CCOC(C)O[C@@H](CC/C(C)=C/CC/C(C)=C/COCc1ccccc1)[C@@]1(C)CO1. The molecule has 1 aromatic carbocycles. The fourth-order valence-corrected chi connectivity index (χ4v) is 3.38. The lowest BCUT2D eigenvalue weighted by molar-refractivity contribution is -0.172. The van der Waals surface area contributed by atoms with Gasteiger partial charge in [0.05, 0.1) is 25.9 Å². The second-order valence-corrected chi connectivity index (χ2v) is 8.43. The minimum Gasteiger partial charge on any atom is -0.373 e. The van der Waals surface area contributed by atoms with Crippen LogP contribution in [0.25, 0.3) is 0 Å². The summed E-state index contributed by atoms with van der Waals surface area (Å²) in [5, 5.41) is 0. The molecule has 2 rings (SSSR count). The quantitative estimate of drug-likeness (QED) is 0.147. The number of hydrogen-bond acceptors (Lipinski definition) is 4. The Morgan fingerprint density at radius 2 is 1.83 bits per heavy atom. The third kappa shape index (κ3) is 9.57. The molecule has 30 heavy (non-hydrogen) atoms. The molecule has 4 heteroatoms. The van der Waals surface area contributed by atoms with Gasteiger partial charge in [-0.05, 0) is 65.9 Å². The van der Waals surface area contributed by atoms with E-state index in [1.54, 1.807) is 0 Å². The number of rotatable bonds is 15. The van der Waals surface area contributed by atoms with Crippen LogP contribution in [0.1, 0.15) is 65.9 Å². The fourth-order valence-electron chi connectivity index (χ4n) is 3.38. The average Bonchev–Trinajstić information content (AvgIpc) is 3.48. The maximum absolute atomic E-state index is 6.10. The molecule has 168 valence electrons. The van der Waals surface area contributed by atoms with E-state index in [1.807, 2.05) is 32.0 Å². The highest BCUT2D eigenvalue weighted by Crippen LogP contribution is 2.35. The standard InChI is InChI=1S/C26H40O4/c1-6-28-23(4)30-25(26(5)20-29-26)16-15-21(2)11-10-12-22(3)17-18-27-19-24-13-8-7-9-14-24/h7-9,11,13-14,17,23,25H,6,10,12,15-16,18-20H2,1-5H3/b21-11+,22-17+/t23?,25-,26+/m0/s1. The normalized spacial score (nSPS) is 21.5. The van der Waals surface area contributed by atoms with Crippen LogP contribution in [0.5, 0.6) is 0 Å². The van der Waals surface area contributed by atoms with Crippen LogP contribution < -0.4 is 0 Å². The van der Waals surface area contributed by atoms with Crippen molar-refractivity contribution < 1.29 is 18.9 Å². The Kier molecular flexibility index (Phi) is 10.8. The molecule has 1 saturated heterocycles. The van der Waals surface area contributed by atoms with Gasteiger partial charge in [0.25, 0.3) is 0 Å². The summed E-state index contributed by atoms with van der Waals surface area (Å²) in [7, 11) is 0. The van der Waals surface area contributed by atoms with Gasteiger partial charge in [-0.2, -0.15) is 0 Å². The van der Waals surface area contributed by atoms with Crippen LogP contribution in [0.2, 0.25) is 0 Å². The van der Waals surface area contributed by atoms with Crippen molar-refractivity contribution in [1.82, 2.24) is 0 Å².